The summed E-state index contributed by atoms with van der Waals surface area (Å²) in [5.41, 5.74) is 1.54. The Morgan fingerprint density at radius 1 is 1.25 bits per heavy atom. The summed E-state index contributed by atoms with van der Waals surface area (Å²) >= 11 is 1.44. The molecule has 1 aromatic carbocycles. The van der Waals surface area contributed by atoms with Crippen LogP contribution in [0.2, 0.25) is 0 Å². The Kier molecular flexibility index (Phi) is 3.37. The number of carbonyl (C=O) groups is 1. The van der Waals surface area contributed by atoms with E-state index < -0.39 is 0 Å². The molecule has 0 unspecified atom stereocenters. The van der Waals surface area contributed by atoms with E-state index >= 15 is 0 Å². The molecule has 0 saturated heterocycles. The molecule has 0 aliphatic rings. The molecule has 0 amide bonds. The lowest BCUT2D eigenvalue weighted by Crippen LogP contribution is -2.05. The molecule has 1 radical (unpaired) electrons. The molecule has 1 aromatic heterocycles. The number of ether oxygens (including phenoxy) is 1. The molecule has 3 heteroatoms. The number of hydrogen-bond donors (Lipinski definition) is 0. The third-order valence-electron chi connectivity index (χ3n) is 2.18. The first-order chi connectivity index (χ1) is 7.77. The van der Waals surface area contributed by atoms with E-state index in [1.807, 2.05) is 35.7 Å². The maximum atomic E-state index is 11.6. The van der Waals surface area contributed by atoms with Crippen molar-refractivity contribution in [3.8, 4) is 0 Å². The number of thiophene rings is 1. The normalized spacial score (nSPS) is 10.1. The van der Waals surface area contributed by atoms with Gasteiger partial charge in [-0.25, -0.2) is 4.79 Å². The highest BCUT2D eigenvalue weighted by Crippen LogP contribution is 2.16. The van der Waals surface area contributed by atoms with Crippen LogP contribution in [0.15, 0.2) is 41.8 Å². The quantitative estimate of drug-likeness (QED) is 0.758. The molecular weight excluding hydrogens is 220 g/mol. The first-order valence-electron chi connectivity index (χ1n) is 4.88. The Hall–Kier alpha value is -1.61. The first-order valence-corrected chi connectivity index (χ1v) is 5.76. The van der Waals surface area contributed by atoms with Crippen LogP contribution in [0.25, 0.3) is 0 Å². The maximum absolute atomic E-state index is 11.6. The third-order valence-corrected chi connectivity index (χ3v) is 2.95. The summed E-state index contributed by atoms with van der Waals surface area (Å²) in [6, 6.07) is 11.3. The SMILES string of the molecule is [CH2]c1sccc1C(=O)OCc1ccccc1. The van der Waals surface area contributed by atoms with Crippen LogP contribution >= 0.6 is 11.3 Å². The molecule has 16 heavy (non-hydrogen) atoms. The van der Waals surface area contributed by atoms with Crippen molar-refractivity contribution in [1.82, 2.24) is 0 Å². The molecule has 2 rings (SSSR count). The van der Waals surface area contributed by atoms with Gasteiger partial charge >= 0.3 is 5.97 Å². The zero-order valence-corrected chi connectivity index (χ0v) is 9.50. The lowest BCUT2D eigenvalue weighted by Gasteiger charge is -2.04. The smallest absolute Gasteiger partial charge is 0.339 e. The van der Waals surface area contributed by atoms with E-state index in [1.54, 1.807) is 6.07 Å². The number of carbonyl (C=O) groups excluding carboxylic acids is 1. The van der Waals surface area contributed by atoms with Gasteiger partial charge in [0, 0.05) is 4.88 Å². The fraction of sp³-hybridized carbons (Fsp3) is 0.0769. The molecule has 0 atom stereocenters. The molecule has 0 aliphatic heterocycles. The van der Waals surface area contributed by atoms with Gasteiger partial charge in [0.2, 0.25) is 0 Å². The first kappa shape index (κ1) is 10.9. The standard InChI is InChI=1S/C13H11O2S/c1-10-12(7-8-16-10)13(14)15-9-11-5-3-2-4-6-11/h2-8H,1,9H2. The predicted molar refractivity (Wildman–Crippen MR) is 64.3 cm³/mol. The van der Waals surface area contributed by atoms with E-state index in [2.05, 4.69) is 6.92 Å². The van der Waals surface area contributed by atoms with Crippen molar-refractivity contribution in [3.63, 3.8) is 0 Å². The fourth-order valence-electron chi connectivity index (χ4n) is 1.32. The van der Waals surface area contributed by atoms with Crippen LogP contribution in [0.4, 0.5) is 0 Å². The molecule has 2 nitrogen and oxygen atoms in total. The van der Waals surface area contributed by atoms with Gasteiger partial charge in [0.15, 0.2) is 0 Å². The van der Waals surface area contributed by atoms with E-state index in [9.17, 15) is 4.79 Å². The Morgan fingerprint density at radius 3 is 2.62 bits per heavy atom. The van der Waals surface area contributed by atoms with E-state index in [1.165, 1.54) is 11.3 Å². The van der Waals surface area contributed by atoms with Crippen LogP contribution in [0.1, 0.15) is 20.8 Å². The second-order valence-electron chi connectivity index (χ2n) is 3.32. The van der Waals surface area contributed by atoms with Gasteiger partial charge in [0.05, 0.1) is 5.56 Å². The van der Waals surface area contributed by atoms with Gasteiger partial charge in [0.25, 0.3) is 0 Å². The highest BCUT2D eigenvalue weighted by atomic mass is 32.1. The van der Waals surface area contributed by atoms with Crippen molar-refractivity contribution in [2.75, 3.05) is 0 Å². The molecule has 0 spiro atoms. The minimum atomic E-state index is -0.310. The molecule has 0 aliphatic carbocycles. The summed E-state index contributed by atoms with van der Waals surface area (Å²) in [7, 11) is 0. The van der Waals surface area contributed by atoms with Crippen LogP contribution < -0.4 is 0 Å². The molecule has 1 heterocycles. The summed E-state index contributed by atoms with van der Waals surface area (Å²) in [6.45, 7) is 4.07. The number of rotatable bonds is 3. The Bertz CT molecular complexity index is 474. The number of hydrogen-bond acceptors (Lipinski definition) is 3. The maximum Gasteiger partial charge on any atom is 0.339 e. The van der Waals surface area contributed by atoms with Crippen molar-refractivity contribution in [3.05, 3.63) is 64.7 Å². The average molecular weight is 231 g/mol. The van der Waals surface area contributed by atoms with Crippen LogP contribution in [0.3, 0.4) is 0 Å². The topological polar surface area (TPSA) is 26.3 Å². The van der Waals surface area contributed by atoms with E-state index in [-0.39, 0.29) is 5.97 Å². The van der Waals surface area contributed by atoms with Crippen molar-refractivity contribution < 1.29 is 9.53 Å². The van der Waals surface area contributed by atoms with E-state index in [4.69, 9.17) is 4.74 Å². The Morgan fingerprint density at radius 2 is 2.00 bits per heavy atom. The molecular formula is C13H11O2S. The van der Waals surface area contributed by atoms with E-state index in [0.29, 0.717) is 12.2 Å². The van der Waals surface area contributed by atoms with Crippen molar-refractivity contribution in [1.29, 1.82) is 0 Å². The zero-order chi connectivity index (χ0) is 11.4. The van der Waals surface area contributed by atoms with Crippen LogP contribution in [0, 0.1) is 6.92 Å². The van der Waals surface area contributed by atoms with Crippen molar-refractivity contribution in [2.24, 2.45) is 0 Å². The summed E-state index contributed by atoms with van der Waals surface area (Å²) in [6.07, 6.45) is 0. The van der Waals surface area contributed by atoms with E-state index in [0.717, 1.165) is 10.4 Å². The van der Waals surface area contributed by atoms with Gasteiger partial charge in [0.1, 0.15) is 6.61 Å². The largest absolute Gasteiger partial charge is 0.457 e. The minimum absolute atomic E-state index is 0.301. The molecule has 81 valence electrons. The van der Waals surface area contributed by atoms with Crippen molar-refractivity contribution >= 4 is 17.3 Å². The molecule has 0 fully saturated rings. The fourth-order valence-corrected chi connectivity index (χ4v) is 1.97. The second kappa shape index (κ2) is 4.94. The van der Waals surface area contributed by atoms with Crippen LogP contribution in [0.5, 0.6) is 0 Å². The van der Waals surface area contributed by atoms with Gasteiger partial charge < -0.3 is 4.74 Å². The van der Waals surface area contributed by atoms with Gasteiger partial charge in [-0.15, -0.1) is 11.3 Å². The Labute approximate surface area is 98.5 Å². The van der Waals surface area contributed by atoms with Gasteiger partial charge in [-0.05, 0) is 23.9 Å². The second-order valence-corrected chi connectivity index (χ2v) is 4.32. The van der Waals surface area contributed by atoms with Crippen LogP contribution in [-0.4, -0.2) is 5.97 Å². The van der Waals surface area contributed by atoms with Crippen molar-refractivity contribution in [2.45, 2.75) is 6.61 Å². The lowest BCUT2D eigenvalue weighted by molar-refractivity contribution is 0.0473. The average Bonchev–Trinajstić information content (AvgIpc) is 2.74. The summed E-state index contributed by atoms with van der Waals surface area (Å²) in [5, 5.41) is 1.83. The summed E-state index contributed by atoms with van der Waals surface area (Å²) in [5.74, 6) is -0.310. The van der Waals surface area contributed by atoms with Gasteiger partial charge in [-0.2, -0.15) is 0 Å². The van der Waals surface area contributed by atoms with Gasteiger partial charge in [-0.3, -0.25) is 0 Å². The molecule has 0 saturated carbocycles. The highest BCUT2D eigenvalue weighted by Gasteiger charge is 2.11. The third kappa shape index (κ3) is 2.49. The van der Waals surface area contributed by atoms with Crippen LogP contribution in [-0.2, 0) is 11.3 Å². The zero-order valence-electron chi connectivity index (χ0n) is 8.68. The number of esters is 1. The van der Waals surface area contributed by atoms with Gasteiger partial charge in [-0.1, -0.05) is 30.3 Å². The molecule has 0 bridgehead atoms. The monoisotopic (exact) mass is 231 g/mol. The lowest BCUT2D eigenvalue weighted by atomic mass is 10.2. The predicted octanol–water partition coefficient (Wildman–Crippen LogP) is 3.29. The summed E-state index contributed by atoms with van der Waals surface area (Å²) in [4.78, 5) is 12.4. The number of benzene rings is 1. The molecule has 0 N–H and O–H groups in total. The minimum Gasteiger partial charge on any atom is -0.457 e. The highest BCUT2D eigenvalue weighted by molar-refractivity contribution is 7.10. The Balaban J connectivity index is 1.97. The molecule has 2 aromatic rings. The summed E-state index contributed by atoms with van der Waals surface area (Å²) < 4.78 is 5.18.